The van der Waals surface area contributed by atoms with Crippen LogP contribution in [-0.2, 0) is 0 Å². The first-order valence-electron chi connectivity index (χ1n) is 8.10. The van der Waals surface area contributed by atoms with Crippen LogP contribution in [-0.4, -0.2) is 16.5 Å². The van der Waals surface area contributed by atoms with Crippen LogP contribution in [0.2, 0.25) is 5.15 Å². The van der Waals surface area contributed by atoms with Gasteiger partial charge in [-0.15, -0.1) is 11.3 Å². The van der Waals surface area contributed by atoms with Gasteiger partial charge in [0.1, 0.15) is 15.4 Å². The van der Waals surface area contributed by atoms with Crippen LogP contribution in [0.25, 0.3) is 32.1 Å². The summed E-state index contributed by atoms with van der Waals surface area (Å²) >= 11 is 7.63. The average molecular weight is 388 g/mol. The fraction of sp³-hybridized carbons (Fsp3) is 0.158. The number of aromatic amines is 1. The van der Waals surface area contributed by atoms with Crippen molar-refractivity contribution in [3.8, 4) is 11.1 Å². The molecule has 4 rings (SSSR count). The Morgan fingerprint density at radius 1 is 1.31 bits per heavy atom. The number of hydrogen-bond donors (Lipinski definition) is 2. The van der Waals surface area contributed by atoms with E-state index in [-0.39, 0.29) is 22.1 Å². The number of thiophene rings is 1. The van der Waals surface area contributed by atoms with Crippen molar-refractivity contribution in [3.63, 3.8) is 0 Å². The van der Waals surface area contributed by atoms with Crippen LogP contribution >= 0.6 is 22.9 Å². The van der Waals surface area contributed by atoms with E-state index in [1.165, 1.54) is 11.3 Å². The Kier molecular flexibility index (Phi) is 4.26. The Morgan fingerprint density at radius 3 is 2.73 bits per heavy atom. The Morgan fingerprint density at radius 2 is 2.04 bits per heavy atom. The van der Waals surface area contributed by atoms with Gasteiger partial charge in [-0.25, -0.2) is 4.98 Å². The van der Waals surface area contributed by atoms with Gasteiger partial charge in [-0.2, -0.15) is 4.39 Å². The molecule has 4 nitrogen and oxygen atoms in total. The maximum atomic E-state index is 14.4. The van der Waals surface area contributed by atoms with Crippen molar-refractivity contribution < 1.29 is 4.39 Å². The van der Waals surface area contributed by atoms with Gasteiger partial charge in [0.15, 0.2) is 0 Å². The van der Waals surface area contributed by atoms with Crippen LogP contribution in [0.3, 0.4) is 0 Å². The van der Waals surface area contributed by atoms with E-state index >= 15 is 0 Å². The van der Waals surface area contributed by atoms with Crippen molar-refractivity contribution in [2.24, 2.45) is 5.73 Å². The van der Waals surface area contributed by atoms with Crippen LogP contribution < -0.4 is 11.3 Å². The van der Waals surface area contributed by atoms with E-state index < -0.39 is 5.95 Å². The minimum absolute atomic E-state index is 0.0640. The number of H-pyrrole nitrogens is 1. The lowest BCUT2D eigenvalue weighted by molar-refractivity contribution is 0.594. The highest BCUT2D eigenvalue weighted by Gasteiger charge is 2.19. The summed E-state index contributed by atoms with van der Waals surface area (Å²) in [4.78, 5) is 18.6. The highest BCUT2D eigenvalue weighted by atomic mass is 35.5. The summed E-state index contributed by atoms with van der Waals surface area (Å²) in [6.07, 6.45) is 0. The summed E-state index contributed by atoms with van der Waals surface area (Å²) in [7, 11) is 0. The first-order valence-corrected chi connectivity index (χ1v) is 9.35. The number of pyridine rings is 2. The summed E-state index contributed by atoms with van der Waals surface area (Å²) in [5.74, 6) is -0.546. The Hall–Kier alpha value is -2.28. The number of hydrogen-bond acceptors (Lipinski definition) is 4. The smallest absolute Gasteiger partial charge is 0.266 e. The van der Waals surface area contributed by atoms with Crippen LogP contribution in [0.15, 0.2) is 40.5 Å². The van der Waals surface area contributed by atoms with Crippen molar-refractivity contribution in [2.45, 2.75) is 12.8 Å². The van der Waals surface area contributed by atoms with Gasteiger partial charge >= 0.3 is 0 Å². The van der Waals surface area contributed by atoms with Crippen molar-refractivity contribution in [1.29, 1.82) is 0 Å². The van der Waals surface area contributed by atoms with Gasteiger partial charge < -0.3 is 10.7 Å². The molecule has 1 atom stereocenters. The number of benzene rings is 1. The molecule has 0 saturated carbocycles. The maximum Gasteiger partial charge on any atom is 0.266 e. The van der Waals surface area contributed by atoms with Crippen LogP contribution in [0.1, 0.15) is 18.4 Å². The first-order chi connectivity index (χ1) is 12.5. The van der Waals surface area contributed by atoms with Gasteiger partial charge in [0.2, 0.25) is 5.95 Å². The predicted octanol–water partition coefficient (Wildman–Crippen LogP) is 4.66. The monoisotopic (exact) mass is 387 g/mol. The number of rotatable bonds is 3. The number of fused-ring (bicyclic) bond motifs is 3. The summed E-state index contributed by atoms with van der Waals surface area (Å²) in [5, 5.41) is 3.11. The normalized spacial score (nSPS) is 12.8. The van der Waals surface area contributed by atoms with Crippen LogP contribution in [0.5, 0.6) is 0 Å². The van der Waals surface area contributed by atoms with Gasteiger partial charge in [0.05, 0.1) is 0 Å². The van der Waals surface area contributed by atoms with Crippen LogP contribution in [0, 0.1) is 5.95 Å². The van der Waals surface area contributed by atoms with E-state index in [1.54, 1.807) is 5.38 Å². The predicted molar refractivity (Wildman–Crippen MR) is 106 cm³/mol. The van der Waals surface area contributed by atoms with E-state index in [9.17, 15) is 9.18 Å². The Balaban J connectivity index is 2.06. The molecule has 1 unspecified atom stereocenters. The van der Waals surface area contributed by atoms with Crippen molar-refractivity contribution >= 4 is 43.9 Å². The lowest BCUT2D eigenvalue weighted by atomic mass is 9.96. The molecule has 3 heterocycles. The standard InChI is InChI=1S/C19H15ClFN3OS/c1-9(8-22)10-2-4-11(5-3-10)13-14-12-6-7-26-16(12)19(25)23-15(14)18(21)24-17(13)20/h2-7,9H,8,22H2,1H3,(H,23,25). The highest BCUT2D eigenvalue weighted by Crippen LogP contribution is 2.38. The van der Waals surface area contributed by atoms with Crippen LogP contribution in [0.4, 0.5) is 4.39 Å². The second-order valence-electron chi connectivity index (χ2n) is 6.19. The van der Waals surface area contributed by atoms with E-state index in [1.807, 2.05) is 30.3 Å². The number of halogens is 2. The molecule has 0 fully saturated rings. The van der Waals surface area contributed by atoms with Gasteiger partial charge in [0.25, 0.3) is 5.56 Å². The lowest BCUT2D eigenvalue weighted by Crippen LogP contribution is -2.08. The molecule has 3 aromatic heterocycles. The molecule has 26 heavy (non-hydrogen) atoms. The summed E-state index contributed by atoms with van der Waals surface area (Å²) in [6, 6.07) is 9.61. The minimum atomic E-state index is -0.785. The number of nitrogens with two attached hydrogens (primary N) is 1. The zero-order valence-electron chi connectivity index (χ0n) is 13.8. The van der Waals surface area contributed by atoms with E-state index in [0.29, 0.717) is 27.6 Å². The topological polar surface area (TPSA) is 71.8 Å². The minimum Gasteiger partial charge on any atom is -0.330 e. The third-order valence-corrected chi connectivity index (χ3v) is 5.80. The molecule has 0 aliphatic heterocycles. The molecular formula is C19H15ClFN3OS. The average Bonchev–Trinajstić information content (AvgIpc) is 3.13. The number of nitrogens with zero attached hydrogens (tertiary/aromatic N) is 1. The molecule has 1 aromatic carbocycles. The molecule has 132 valence electrons. The molecule has 0 amide bonds. The third kappa shape index (κ3) is 2.61. The zero-order chi connectivity index (χ0) is 18.4. The summed E-state index contributed by atoms with van der Waals surface area (Å²) in [5.41, 5.74) is 7.99. The number of nitrogens with one attached hydrogen (secondary N) is 1. The van der Waals surface area contributed by atoms with Gasteiger partial charge in [-0.05, 0) is 35.0 Å². The first kappa shape index (κ1) is 17.1. The SMILES string of the molecule is CC(CN)c1ccc(-c2c(Cl)nc(F)c3[nH]c(=O)c4sccc4c23)cc1. The zero-order valence-corrected chi connectivity index (χ0v) is 15.4. The second kappa shape index (κ2) is 6.46. The van der Waals surface area contributed by atoms with Gasteiger partial charge in [-0.1, -0.05) is 42.8 Å². The van der Waals surface area contributed by atoms with Crippen molar-refractivity contribution in [1.82, 2.24) is 9.97 Å². The molecule has 4 aromatic rings. The van der Waals surface area contributed by atoms with E-state index in [0.717, 1.165) is 11.1 Å². The molecule has 0 bridgehead atoms. The van der Waals surface area contributed by atoms with Gasteiger partial charge in [-0.3, -0.25) is 4.79 Å². The third-order valence-electron chi connectivity index (χ3n) is 4.61. The molecule has 0 saturated heterocycles. The molecule has 7 heteroatoms. The molecule has 3 N–H and O–H groups in total. The highest BCUT2D eigenvalue weighted by molar-refractivity contribution is 7.17. The fourth-order valence-corrected chi connectivity index (χ4v) is 4.22. The van der Waals surface area contributed by atoms with Crippen molar-refractivity contribution in [3.05, 3.63) is 62.7 Å². The molecule has 0 aliphatic rings. The van der Waals surface area contributed by atoms with E-state index in [4.69, 9.17) is 17.3 Å². The largest absolute Gasteiger partial charge is 0.330 e. The fourth-order valence-electron chi connectivity index (χ4n) is 3.14. The second-order valence-corrected chi connectivity index (χ2v) is 7.47. The summed E-state index contributed by atoms with van der Waals surface area (Å²) in [6.45, 7) is 2.61. The molecular weight excluding hydrogens is 373 g/mol. The molecule has 0 spiro atoms. The molecule has 0 radical (unpaired) electrons. The van der Waals surface area contributed by atoms with Gasteiger partial charge in [0, 0.05) is 16.3 Å². The van der Waals surface area contributed by atoms with E-state index in [2.05, 4.69) is 16.9 Å². The molecule has 0 aliphatic carbocycles. The summed E-state index contributed by atoms with van der Waals surface area (Å²) < 4.78 is 14.9. The van der Waals surface area contributed by atoms with Crippen molar-refractivity contribution in [2.75, 3.05) is 6.54 Å². The Bertz CT molecular complexity index is 1180. The lowest BCUT2D eigenvalue weighted by Gasteiger charge is -2.13. The Labute approximate surface area is 157 Å². The number of aromatic nitrogens is 2. The maximum absolute atomic E-state index is 14.4. The quantitative estimate of drug-likeness (QED) is 0.502.